The van der Waals surface area contributed by atoms with Crippen molar-refractivity contribution in [1.82, 2.24) is 0 Å². The first-order valence-electron chi connectivity index (χ1n) is 31.9. The Morgan fingerprint density at radius 1 is 0.278 bits per heavy atom. The van der Waals surface area contributed by atoms with E-state index in [-0.39, 0.29) is 17.5 Å². The second kappa shape index (κ2) is 21.4. The number of nitrogens with zero attached hydrogens (tertiary/aromatic N) is 2. The molecule has 2 aliphatic heterocycles. The molecule has 16 rings (SSSR count). The van der Waals surface area contributed by atoms with Gasteiger partial charge in [0.05, 0.1) is 16.8 Å². The molecule has 0 N–H and O–H groups in total. The molecular weight excluding hydrogens is 1080 g/mol. The van der Waals surface area contributed by atoms with Crippen molar-refractivity contribution < 1.29 is 0 Å². The molecule has 13 aromatic rings. The van der Waals surface area contributed by atoms with E-state index in [2.05, 4.69) is 361 Å². The van der Waals surface area contributed by atoms with Gasteiger partial charge >= 0.3 is 0 Å². The quantitative estimate of drug-likeness (QED) is 0.133. The lowest BCUT2D eigenvalue weighted by molar-refractivity contribution is 0.590. The molecule has 2 nitrogen and oxygen atoms in total. The average Bonchev–Trinajstić information content (AvgIpc) is 0.935. The van der Waals surface area contributed by atoms with Crippen LogP contribution in [0.4, 0.5) is 34.1 Å². The summed E-state index contributed by atoms with van der Waals surface area (Å²) in [6.07, 6.45) is 0. The number of rotatable bonds is 9. The molecule has 0 atom stereocenters. The van der Waals surface area contributed by atoms with Crippen molar-refractivity contribution in [2.45, 2.75) is 57.8 Å². The molecule has 0 radical (unpaired) electrons. The first-order valence-corrected chi connectivity index (χ1v) is 31.9. The van der Waals surface area contributed by atoms with Crippen LogP contribution in [0.5, 0.6) is 0 Å². The monoisotopic (exact) mass is 1150 g/mol. The van der Waals surface area contributed by atoms with Gasteiger partial charge in [-0.3, -0.25) is 0 Å². The van der Waals surface area contributed by atoms with Crippen molar-refractivity contribution in [1.29, 1.82) is 0 Å². The van der Waals surface area contributed by atoms with Gasteiger partial charge in [-0.05, 0) is 153 Å². The Bertz CT molecular complexity index is 4790. The van der Waals surface area contributed by atoms with Crippen molar-refractivity contribution >= 4 is 57.2 Å². The predicted octanol–water partition coefficient (Wildman–Crippen LogP) is 21.1. The number of benzene rings is 13. The smallest absolute Gasteiger partial charge is 0.252 e. The highest BCUT2D eigenvalue weighted by molar-refractivity contribution is 7.00. The van der Waals surface area contributed by atoms with Gasteiger partial charge in [0, 0.05) is 39.4 Å². The Labute approximate surface area is 531 Å². The van der Waals surface area contributed by atoms with Crippen LogP contribution in [0.15, 0.2) is 309 Å². The third-order valence-electron chi connectivity index (χ3n) is 19.4. The summed E-state index contributed by atoms with van der Waals surface area (Å²) in [5.41, 5.74) is 31.7. The maximum Gasteiger partial charge on any atom is 0.252 e. The third-order valence-corrected chi connectivity index (χ3v) is 19.4. The fraction of sp³-hybridized carbons (Fsp3) is 0.103. The van der Waals surface area contributed by atoms with Crippen LogP contribution < -0.4 is 26.2 Å². The SMILES string of the molecule is CC(C)(C)c1ccc(-c2ccc3c(c2)N(c2ccccc2-c2ccccc2)c2cc(-c4cccc5c4C(c4ccccc4)(c4ccccc4)c4ccccc4-5)cc4c2B3c2ccccc2N4c2c(-c3ccccc3)cc(C(C)(C)C)cc2-c2ccccc2)cc1. The molecule has 0 fully saturated rings. The summed E-state index contributed by atoms with van der Waals surface area (Å²) in [6.45, 7) is 13.8. The molecule has 3 heteroatoms. The Hall–Kier alpha value is -10.5. The number of hydrogen-bond acceptors (Lipinski definition) is 2. The fourth-order valence-corrected chi connectivity index (χ4v) is 15.2. The van der Waals surface area contributed by atoms with Gasteiger partial charge in [-0.2, -0.15) is 0 Å². The summed E-state index contributed by atoms with van der Waals surface area (Å²) < 4.78 is 0. The van der Waals surface area contributed by atoms with Crippen LogP contribution in [-0.2, 0) is 16.2 Å². The Morgan fingerprint density at radius 2 is 0.722 bits per heavy atom. The highest BCUT2D eigenvalue weighted by Crippen LogP contribution is 2.60. The highest BCUT2D eigenvalue weighted by atomic mass is 15.2. The Kier molecular flexibility index (Phi) is 13.0. The van der Waals surface area contributed by atoms with Crippen LogP contribution in [0.2, 0.25) is 0 Å². The number of fused-ring (bicyclic) bond motifs is 7. The maximum absolute atomic E-state index is 2.68. The van der Waals surface area contributed by atoms with Crippen molar-refractivity contribution in [3.63, 3.8) is 0 Å². The van der Waals surface area contributed by atoms with E-state index >= 15 is 0 Å². The molecule has 0 unspecified atom stereocenters. The van der Waals surface area contributed by atoms with Crippen LogP contribution in [0, 0.1) is 0 Å². The van der Waals surface area contributed by atoms with Crippen molar-refractivity contribution in [2.75, 3.05) is 9.80 Å². The lowest BCUT2D eigenvalue weighted by Gasteiger charge is -2.46. The minimum absolute atomic E-state index is 0.0234. The summed E-state index contributed by atoms with van der Waals surface area (Å²) >= 11 is 0. The molecule has 0 amide bonds. The van der Waals surface area contributed by atoms with E-state index in [1.165, 1.54) is 99.8 Å². The zero-order valence-electron chi connectivity index (χ0n) is 51.9. The van der Waals surface area contributed by atoms with Crippen LogP contribution in [0.25, 0.3) is 66.8 Å². The summed E-state index contributed by atoms with van der Waals surface area (Å²) in [5.74, 6) is 0. The van der Waals surface area contributed by atoms with E-state index in [1.807, 2.05) is 0 Å². The van der Waals surface area contributed by atoms with Crippen LogP contribution in [0.1, 0.15) is 74.9 Å². The van der Waals surface area contributed by atoms with Crippen LogP contribution in [0.3, 0.4) is 0 Å². The highest BCUT2D eigenvalue weighted by Gasteiger charge is 2.49. The first-order chi connectivity index (χ1) is 43.9. The normalized spacial score (nSPS) is 13.5. The average molecular weight is 1150 g/mol. The van der Waals surface area contributed by atoms with Gasteiger partial charge in [0.15, 0.2) is 0 Å². The fourth-order valence-electron chi connectivity index (χ4n) is 15.2. The molecule has 1 aliphatic carbocycles. The minimum atomic E-state index is -0.666. The van der Waals surface area contributed by atoms with Crippen molar-refractivity contribution in [3.05, 3.63) is 343 Å². The van der Waals surface area contributed by atoms with Gasteiger partial charge in [0.25, 0.3) is 6.71 Å². The van der Waals surface area contributed by atoms with Gasteiger partial charge in [-0.1, -0.05) is 308 Å². The zero-order chi connectivity index (χ0) is 60.9. The minimum Gasteiger partial charge on any atom is -0.311 e. The second-order valence-corrected chi connectivity index (χ2v) is 26.7. The number of hydrogen-bond donors (Lipinski definition) is 0. The first kappa shape index (κ1) is 54.9. The molecule has 90 heavy (non-hydrogen) atoms. The van der Waals surface area contributed by atoms with E-state index in [0.29, 0.717) is 0 Å². The largest absolute Gasteiger partial charge is 0.311 e. The zero-order valence-corrected chi connectivity index (χ0v) is 51.9. The van der Waals surface area contributed by atoms with E-state index in [4.69, 9.17) is 0 Å². The van der Waals surface area contributed by atoms with E-state index in [1.54, 1.807) is 0 Å². The number of anilines is 6. The van der Waals surface area contributed by atoms with E-state index < -0.39 is 5.41 Å². The topological polar surface area (TPSA) is 6.48 Å². The number of para-hydroxylation sites is 2. The predicted molar refractivity (Wildman–Crippen MR) is 382 cm³/mol. The van der Waals surface area contributed by atoms with Gasteiger partial charge in [-0.15, -0.1) is 0 Å². The molecule has 3 aliphatic rings. The molecular formula is C87H69BN2. The van der Waals surface area contributed by atoms with Crippen LogP contribution in [-0.4, -0.2) is 6.71 Å². The van der Waals surface area contributed by atoms with Crippen molar-refractivity contribution in [3.8, 4) is 66.8 Å². The molecule has 13 aromatic carbocycles. The lowest BCUT2D eigenvalue weighted by atomic mass is 9.33. The standard InChI is InChI=1S/C87H69BN2/c1-85(2,3)64-50-47-58(48-51-64)62-49-52-76-79(53-62)89(77-45-26-23-39-68(77)59-29-12-7-13-30-59)80-54-63(69-41-28-42-71-70-40-22-24-43-74(70)87(82(69)71,65-35-18-10-19-36-65)66-37-20-11-21-38-66)55-81-83(80)88(76)75-44-25-27-46-78(75)90(81)84-72(60-31-14-8-15-32-60)56-67(86(4,5)6)57-73(84)61-33-16-9-17-34-61/h7-57H,1-6H3. The molecule has 430 valence electrons. The molecule has 0 saturated heterocycles. The van der Waals surface area contributed by atoms with Crippen LogP contribution >= 0.6 is 0 Å². The summed E-state index contributed by atoms with van der Waals surface area (Å²) in [5, 5.41) is 0. The van der Waals surface area contributed by atoms with E-state index in [0.717, 1.165) is 50.8 Å². The Morgan fingerprint density at radius 3 is 1.31 bits per heavy atom. The summed E-state index contributed by atoms with van der Waals surface area (Å²) in [7, 11) is 0. The van der Waals surface area contributed by atoms with Gasteiger partial charge in [-0.25, -0.2) is 0 Å². The summed E-state index contributed by atoms with van der Waals surface area (Å²) in [4.78, 5) is 5.33. The lowest BCUT2D eigenvalue weighted by Crippen LogP contribution is -2.61. The maximum atomic E-state index is 2.68. The summed E-state index contributed by atoms with van der Waals surface area (Å²) in [6, 6.07) is 117. The molecule has 0 spiro atoms. The molecule has 2 heterocycles. The second-order valence-electron chi connectivity index (χ2n) is 26.7. The third kappa shape index (κ3) is 8.77. The van der Waals surface area contributed by atoms with E-state index in [9.17, 15) is 0 Å². The van der Waals surface area contributed by atoms with Gasteiger partial charge < -0.3 is 9.80 Å². The van der Waals surface area contributed by atoms with Gasteiger partial charge in [0.2, 0.25) is 0 Å². The molecule has 0 aromatic heterocycles. The van der Waals surface area contributed by atoms with Gasteiger partial charge in [0.1, 0.15) is 0 Å². The Balaban J connectivity index is 1.08. The van der Waals surface area contributed by atoms with Crippen molar-refractivity contribution in [2.24, 2.45) is 0 Å². The molecule has 0 saturated carbocycles. The molecule has 0 bridgehead atoms.